The van der Waals surface area contributed by atoms with Crippen LogP contribution in [0.25, 0.3) is 0 Å². The van der Waals surface area contributed by atoms with E-state index in [0.717, 1.165) is 6.07 Å². The number of ether oxygens (including phenoxy) is 1. The fourth-order valence-electron chi connectivity index (χ4n) is 2.54. The van der Waals surface area contributed by atoms with Gasteiger partial charge in [-0.05, 0) is 43.3 Å². The average molecular weight is 378 g/mol. The van der Waals surface area contributed by atoms with Crippen molar-refractivity contribution in [3.8, 4) is 0 Å². The normalized spacial score (nSPS) is 14.7. The quantitative estimate of drug-likeness (QED) is 0.829. The van der Waals surface area contributed by atoms with Crippen LogP contribution in [0, 0.1) is 5.82 Å². The van der Waals surface area contributed by atoms with E-state index >= 15 is 0 Å². The predicted octanol–water partition coefficient (Wildman–Crippen LogP) is 3.87. The van der Waals surface area contributed by atoms with Gasteiger partial charge in [0.05, 0.1) is 12.2 Å². The number of anilines is 3. The van der Waals surface area contributed by atoms with E-state index in [1.54, 1.807) is 31.2 Å². The molecule has 1 heterocycles. The number of hydrogen-bond acceptors (Lipinski definition) is 4. The van der Waals surface area contributed by atoms with E-state index in [4.69, 9.17) is 16.3 Å². The van der Waals surface area contributed by atoms with E-state index in [-0.39, 0.29) is 10.7 Å². The van der Waals surface area contributed by atoms with Crippen molar-refractivity contribution in [1.82, 2.24) is 0 Å². The van der Waals surface area contributed by atoms with Crippen molar-refractivity contribution >= 4 is 40.7 Å². The third-order valence-electron chi connectivity index (χ3n) is 3.88. The molecule has 2 aromatic carbocycles. The van der Waals surface area contributed by atoms with Gasteiger partial charge in [0.2, 0.25) is 5.91 Å². The summed E-state index contributed by atoms with van der Waals surface area (Å²) < 4.78 is 18.7. The molecule has 2 N–H and O–H groups in total. The first kappa shape index (κ1) is 18.0. The van der Waals surface area contributed by atoms with E-state index in [1.807, 2.05) is 0 Å². The molecule has 0 bridgehead atoms. The number of nitrogens with one attached hydrogen (secondary N) is 2. The molecule has 26 heavy (non-hydrogen) atoms. The van der Waals surface area contributed by atoms with Crippen molar-refractivity contribution in [2.75, 3.05) is 28.7 Å². The van der Waals surface area contributed by atoms with Gasteiger partial charge in [0, 0.05) is 16.4 Å². The molecule has 0 radical (unpaired) electrons. The number of rotatable bonds is 5. The molecule has 3 rings (SSSR count). The molecule has 6 nitrogen and oxygen atoms in total. The number of cyclic esters (lactones) is 1. The first-order chi connectivity index (χ1) is 12.4. The van der Waals surface area contributed by atoms with Crippen LogP contribution in [0.15, 0.2) is 42.5 Å². The summed E-state index contributed by atoms with van der Waals surface area (Å²) in [6.07, 6.45) is -0.397. The van der Waals surface area contributed by atoms with Crippen molar-refractivity contribution in [1.29, 1.82) is 0 Å². The lowest BCUT2D eigenvalue weighted by Crippen LogP contribution is -2.32. The van der Waals surface area contributed by atoms with Gasteiger partial charge >= 0.3 is 6.09 Å². The average Bonchev–Trinajstić information content (AvgIpc) is 3.03. The second kappa shape index (κ2) is 7.61. The topological polar surface area (TPSA) is 70.7 Å². The van der Waals surface area contributed by atoms with Gasteiger partial charge in [-0.1, -0.05) is 17.7 Å². The summed E-state index contributed by atoms with van der Waals surface area (Å²) >= 11 is 5.70. The van der Waals surface area contributed by atoms with E-state index in [1.165, 1.54) is 17.0 Å². The van der Waals surface area contributed by atoms with Crippen LogP contribution in [-0.4, -0.2) is 31.2 Å². The Morgan fingerprint density at radius 2 is 2.12 bits per heavy atom. The minimum Gasteiger partial charge on any atom is -0.447 e. The molecule has 2 aromatic rings. The zero-order valence-corrected chi connectivity index (χ0v) is 14.7. The second-order valence-corrected chi connectivity index (χ2v) is 6.23. The van der Waals surface area contributed by atoms with Gasteiger partial charge < -0.3 is 15.4 Å². The van der Waals surface area contributed by atoms with Crippen LogP contribution in [0.1, 0.15) is 6.92 Å². The molecule has 136 valence electrons. The molecular weight excluding hydrogens is 361 g/mol. The summed E-state index contributed by atoms with van der Waals surface area (Å²) in [5, 5.41) is 5.80. The number of carbonyl (C=O) groups excluding carboxylic acids is 2. The molecule has 0 aliphatic carbocycles. The summed E-state index contributed by atoms with van der Waals surface area (Å²) in [6, 6.07) is 10.5. The van der Waals surface area contributed by atoms with Crippen molar-refractivity contribution in [2.45, 2.75) is 13.0 Å². The smallest absolute Gasteiger partial charge is 0.414 e. The third kappa shape index (κ3) is 4.05. The van der Waals surface area contributed by atoms with Crippen LogP contribution in [-0.2, 0) is 9.53 Å². The minimum absolute atomic E-state index is 0.0570. The van der Waals surface area contributed by atoms with Crippen LogP contribution in [0.4, 0.5) is 26.2 Å². The molecule has 1 unspecified atom stereocenters. The molecule has 1 fully saturated rings. The maximum Gasteiger partial charge on any atom is 0.414 e. The molecule has 1 atom stereocenters. The molecule has 2 amide bonds. The van der Waals surface area contributed by atoms with E-state index in [9.17, 15) is 14.0 Å². The van der Waals surface area contributed by atoms with Crippen LogP contribution in [0.2, 0.25) is 5.02 Å². The van der Waals surface area contributed by atoms with Crippen LogP contribution in [0.5, 0.6) is 0 Å². The highest BCUT2D eigenvalue weighted by Gasteiger charge is 2.24. The molecule has 0 aromatic heterocycles. The highest BCUT2D eigenvalue weighted by Crippen LogP contribution is 2.23. The fourth-order valence-corrected chi connectivity index (χ4v) is 2.70. The summed E-state index contributed by atoms with van der Waals surface area (Å²) in [6.45, 7) is 2.48. The molecule has 1 saturated heterocycles. The Labute approximate surface area is 154 Å². The van der Waals surface area contributed by atoms with E-state index in [2.05, 4.69) is 10.6 Å². The van der Waals surface area contributed by atoms with Crippen molar-refractivity contribution in [3.05, 3.63) is 53.3 Å². The number of benzene rings is 2. The van der Waals surface area contributed by atoms with Gasteiger partial charge in [-0.15, -0.1) is 0 Å². The third-order valence-corrected chi connectivity index (χ3v) is 4.12. The zero-order valence-electron chi connectivity index (χ0n) is 14.0. The summed E-state index contributed by atoms with van der Waals surface area (Å²) in [4.78, 5) is 25.5. The number of halogens is 2. The van der Waals surface area contributed by atoms with Gasteiger partial charge in [-0.3, -0.25) is 9.69 Å². The molecule has 8 heteroatoms. The Morgan fingerprint density at radius 3 is 2.81 bits per heavy atom. The molecule has 1 aliphatic rings. The van der Waals surface area contributed by atoms with Crippen molar-refractivity contribution in [3.63, 3.8) is 0 Å². The lowest BCUT2D eigenvalue weighted by molar-refractivity contribution is -0.116. The van der Waals surface area contributed by atoms with E-state index < -0.39 is 23.9 Å². The molecule has 0 saturated carbocycles. The Morgan fingerprint density at radius 1 is 1.31 bits per heavy atom. The number of hydrogen-bond donors (Lipinski definition) is 2. The maximum atomic E-state index is 13.8. The highest BCUT2D eigenvalue weighted by molar-refractivity contribution is 6.30. The van der Waals surface area contributed by atoms with E-state index in [0.29, 0.717) is 24.5 Å². The van der Waals surface area contributed by atoms with Gasteiger partial charge in [0.1, 0.15) is 18.5 Å². The molecular formula is C18H17ClFN3O3. The van der Waals surface area contributed by atoms with Gasteiger partial charge in [-0.25, -0.2) is 9.18 Å². The Bertz CT molecular complexity index is 846. The van der Waals surface area contributed by atoms with Gasteiger partial charge in [0.15, 0.2) is 0 Å². The minimum atomic E-state index is -0.633. The van der Waals surface area contributed by atoms with Crippen LogP contribution < -0.4 is 15.5 Å². The lowest BCUT2D eigenvalue weighted by atomic mass is 10.2. The van der Waals surface area contributed by atoms with Crippen LogP contribution >= 0.6 is 11.6 Å². The zero-order chi connectivity index (χ0) is 18.7. The van der Waals surface area contributed by atoms with Crippen LogP contribution in [0.3, 0.4) is 0 Å². The van der Waals surface area contributed by atoms with Crippen molar-refractivity contribution in [2.24, 2.45) is 0 Å². The predicted molar refractivity (Wildman–Crippen MR) is 98.3 cm³/mol. The monoisotopic (exact) mass is 377 g/mol. The highest BCUT2D eigenvalue weighted by atomic mass is 35.5. The second-order valence-electron chi connectivity index (χ2n) is 5.80. The Kier molecular flexibility index (Phi) is 5.27. The maximum absolute atomic E-state index is 13.8. The SMILES string of the molecule is CC(Nc1cccc(N2CCOC2=O)c1)C(=O)Nc1ccc(Cl)cc1F. The lowest BCUT2D eigenvalue weighted by Gasteiger charge is -2.18. The Balaban J connectivity index is 1.66. The molecule has 0 spiro atoms. The number of carbonyl (C=O) groups is 2. The summed E-state index contributed by atoms with van der Waals surface area (Å²) in [5.41, 5.74) is 1.39. The first-order valence-electron chi connectivity index (χ1n) is 8.01. The fraction of sp³-hybridized carbons (Fsp3) is 0.222. The van der Waals surface area contributed by atoms with Gasteiger partial charge in [-0.2, -0.15) is 0 Å². The summed E-state index contributed by atoms with van der Waals surface area (Å²) in [5.74, 6) is -1.01. The van der Waals surface area contributed by atoms with Gasteiger partial charge in [0.25, 0.3) is 0 Å². The molecule has 1 aliphatic heterocycles. The standard InChI is InChI=1S/C18H17ClFN3O3/c1-11(17(24)22-16-6-5-12(19)9-15(16)20)21-13-3-2-4-14(10-13)23-7-8-26-18(23)25/h2-6,9-11,21H,7-8H2,1H3,(H,22,24). The van der Waals surface area contributed by atoms with Crippen molar-refractivity contribution < 1.29 is 18.7 Å². The first-order valence-corrected chi connectivity index (χ1v) is 8.38. The number of amides is 2. The Hall–Kier alpha value is -2.80. The summed E-state index contributed by atoms with van der Waals surface area (Å²) in [7, 11) is 0. The number of nitrogens with zero attached hydrogens (tertiary/aromatic N) is 1. The largest absolute Gasteiger partial charge is 0.447 e.